The molecule has 39 heavy (non-hydrogen) atoms. The van der Waals surface area contributed by atoms with Crippen LogP contribution in [0.1, 0.15) is 18.4 Å². The van der Waals surface area contributed by atoms with E-state index in [2.05, 4.69) is 5.10 Å². The van der Waals surface area contributed by atoms with Gasteiger partial charge in [0, 0.05) is 21.9 Å². The third kappa shape index (κ3) is 5.84. The molecule has 5 aromatic rings. The first-order chi connectivity index (χ1) is 18.4. The summed E-state index contributed by atoms with van der Waals surface area (Å²) < 4.78 is 41.7. The molecule has 0 bridgehead atoms. The lowest BCUT2D eigenvalue weighted by atomic mass is 10.1. The Bertz CT molecular complexity index is 1720. The van der Waals surface area contributed by atoms with Gasteiger partial charge < -0.3 is 15.2 Å². The molecule has 0 amide bonds. The number of nitrogens with two attached hydrogens (primary N) is 1. The van der Waals surface area contributed by atoms with Gasteiger partial charge in [-0.1, -0.05) is 60.1 Å². The van der Waals surface area contributed by atoms with Crippen molar-refractivity contribution < 1.29 is 17.9 Å². The van der Waals surface area contributed by atoms with Crippen molar-refractivity contribution in [2.75, 3.05) is 20.3 Å². The second-order valence-corrected chi connectivity index (χ2v) is 11.2. The van der Waals surface area contributed by atoms with Crippen molar-refractivity contribution in [3.05, 3.63) is 89.4 Å². The molecule has 0 saturated carbocycles. The summed E-state index contributed by atoms with van der Waals surface area (Å²) >= 11 is 6.23. The summed E-state index contributed by atoms with van der Waals surface area (Å²) in [4.78, 5) is 0.193. The van der Waals surface area contributed by atoms with Crippen molar-refractivity contribution in [1.29, 1.82) is 0 Å². The van der Waals surface area contributed by atoms with E-state index in [1.807, 2.05) is 42.5 Å². The van der Waals surface area contributed by atoms with Gasteiger partial charge in [-0.2, -0.15) is 5.10 Å². The second kappa shape index (κ2) is 12.3. The zero-order valence-corrected chi connectivity index (χ0v) is 23.7. The molecule has 0 aliphatic heterocycles. The summed E-state index contributed by atoms with van der Waals surface area (Å²) in [6, 6.07) is 23.5. The summed E-state index contributed by atoms with van der Waals surface area (Å²) in [7, 11) is -2.49. The first-order valence-corrected chi connectivity index (χ1v) is 14.2. The largest absolute Gasteiger partial charge is 0.497 e. The van der Waals surface area contributed by atoms with Crippen LogP contribution in [0, 0.1) is 0 Å². The first kappa shape index (κ1) is 28.7. The van der Waals surface area contributed by atoms with E-state index in [0.29, 0.717) is 52.5 Å². The lowest BCUT2D eigenvalue weighted by Gasteiger charge is -2.12. The summed E-state index contributed by atoms with van der Waals surface area (Å²) in [5.74, 6) is 0.966. The third-order valence-corrected chi connectivity index (χ3v) is 8.34. The van der Waals surface area contributed by atoms with Gasteiger partial charge in [0.15, 0.2) is 5.03 Å². The maximum Gasteiger partial charge on any atom is 0.226 e. The maximum absolute atomic E-state index is 14.2. The maximum atomic E-state index is 14.2. The van der Waals surface area contributed by atoms with Crippen LogP contribution in [-0.4, -0.2) is 38.5 Å². The standard InChI is InChI=1S/C29H28ClN3O4S.ClH/c1-36-23-17-25-28(26(18-23)37-15-5-4-14-31)33(19-20-8-6-11-22(30)16-20)32-29(25)38(34,35)27-13-7-10-21-9-2-3-12-24(21)27;/h2-3,6-13,16-18H,4-5,14-15,19,31H2,1H3;1H. The molecule has 0 fully saturated rings. The highest BCUT2D eigenvalue weighted by atomic mass is 35.5. The molecule has 2 N–H and O–H groups in total. The van der Waals surface area contributed by atoms with Crippen LogP contribution in [0.15, 0.2) is 88.8 Å². The van der Waals surface area contributed by atoms with Crippen LogP contribution in [0.4, 0.5) is 0 Å². The molecule has 1 aromatic heterocycles. The van der Waals surface area contributed by atoms with Crippen LogP contribution >= 0.6 is 24.0 Å². The molecule has 204 valence electrons. The van der Waals surface area contributed by atoms with Crippen molar-refractivity contribution in [3.8, 4) is 11.5 Å². The van der Waals surface area contributed by atoms with E-state index in [-0.39, 0.29) is 22.3 Å². The minimum absolute atomic E-state index is 0. The lowest BCUT2D eigenvalue weighted by molar-refractivity contribution is 0.307. The van der Waals surface area contributed by atoms with Crippen LogP contribution in [0.25, 0.3) is 21.7 Å². The number of sulfone groups is 1. The number of rotatable bonds is 10. The Kier molecular flexibility index (Phi) is 9.02. The lowest BCUT2D eigenvalue weighted by Crippen LogP contribution is -2.07. The van der Waals surface area contributed by atoms with Crippen LogP contribution in [0.2, 0.25) is 5.02 Å². The van der Waals surface area contributed by atoms with Gasteiger partial charge in [0.05, 0.1) is 25.2 Å². The molecule has 1 heterocycles. The highest BCUT2D eigenvalue weighted by Crippen LogP contribution is 2.38. The van der Waals surface area contributed by atoms with Gasteiger partial charge in [0.1, 0.15) is 17.0 Å². The molecule has 5 rings (SSSR count). The number of methoxy groups -OCH3 is 1. The van der Waals surface area contributed by atoms with Crippen LogP contribution in [0.3, 0.4) is 0 Å². The predicted molar refractivity (Wildman–Crippen MR) is 157 cm³/mol. The number of nitrogens with zero attached hydrogens (tertiary/aromatic N) is 2. The molecule has 0 aliphatic rings. The molecule has 0 aliphatic carbocycles. The summed E-state index contributed by atoms with van der Waals surface area (Å²) in [5.41, 5.74) is 7.09. The molecule has 4 aromatic carbocycles. The van der Waals surface area contributed by atoms with Crippen LogP contribution in [-0.2, 0) is 16.4 Å². The average Bonchev–Trinajstić information content (AvgIpc) is 3.29. The van der Waals surface area contributed by atoms with E-state index in [1.165, 1.54) is 7.11 Å². The van der Waals surface area contributed by atoms with E-state index < -0.39 is 9.84 Å². The van der Waals surface area contributed by atoms with Gasteiger partial charge in [0.25, 0.3) is 0 Å². The Morgan fingerprint density at radius 2 is 1.72 bits per heavy atom. The molecular formula is C29H29Cl2N3O4S. The van der Waals surface area contributed by atoms with Crippen molar-refractivity contribution in [3.63, 3.8) is 0 Å². The SMILES string of the molecule is COc1cc(OCCCCN)c2c(c1)c(S(=O)(=O)c1cccc3ccccc13)nn2Cc1cccc(Cl)c1.Cl. The van der Waals surface area contributed by atoms with Crippen LogP contribution < -0.4 is 15.2 Å². The summed E-state index contributed by atoms with van der Waals surface area (Å²) in [5, 5.41) is 7.10. The number of benzene rings is 4. The first-order valence-electron chi connectivity index (χ1n) is 12.3. The zero-order valence-electron chi connectivity index (χ0n) is 21.3. The number of aromatic nitrogens is 2. The van der Waals surface area contributed by atoms with E-state index in [4.69, 9.17) is 26.8 Å². The molecule has 10 heteroatoms. The summed E-state index contributed by atoms with van der Waals surface area (Å²) in [6.07, 6.45) is 1.58. The van der Waals surface area contributed by atoms with Crippen molar-refractivity contribution in [2.45, 2.75) is 29.3 Å². The minimum Gasteiger partial charge on any atom is -0.497 e. The van der Waals surface area contributed by atoms with E-state index in [1.54, 1.807) is 41.1 Å². The van der Waals surface area contributed by atoms with E-state index >= 15 is 0 Å². The fraction of sp³-hybridized carbons (Fsp3) is 0.207. The number of hydrogen-bond acceptors (Lipinski definition) is 6. The normalized spacial score (nSPS) is 11.5. The number of halogens is 2. The molecular weight excluding hydrogens is 557 g/mol. The topological polar surface area (TPSA) is 96.4 Å². The average molecular weight is 587 g/mol. The van der Waals surface area contributed by atoms with Crippen molar-refractivity contribution >= 4 is 55.5 Å². The number of fused-ring (bicyclic) bond motifs is 2. The zero-order chi connectivity index (χ0) is 26.7. The van der Waals surface area contributed by atoms with Gasteiger partial charge in [-0.25, -0.2) is 8.42 Å². The minimum atomic E-state index is -4.03. The third-order valence-electron chi connectivity index (χ3n) is 6.36. The van der Waals surface area contributed by atoms with Gasteiger partial charge in [-0.3, -0.25) is 4.68 Å². The summed E-state index contributed by atoms with van der Waals surface area (Å²) in [6.45, 7) is 1.29. The molecule has 0 unspecified atom stereocenters. The van der Waals surface area contributed by atoms with Crippen molar-refractivity contribution in [2.24, 2.45) is 5.73 Å². The molecule has 0 radical (unpaired) electrons. The number of hydrogen-bond donors (Lipinski definition) is 1. The smallest absolute Gasteiger partial charge is 0.226 e. The fourth-order valence-electron chi connectivity index (χ4n) is 4.54. The molecule has 0 spiro atoms. The van der Waals surface area contributed by atoms with Gasteiger partial charge in [0.2, 0.25) is 9.84 Å². The monoisotopic (exact) mass is 585 g/mol. The quantitative estimate of drug-likeness (QED) is 0.194. The Hall–Kier alpha value is -3.30. The van der Waals surface area contributed by atoms with Gasteiger partial charge >= 0.3 is 0 Å². The predicted octanol–water partition coefficient (Wildman–Crippen LogP) is 6.27. The number of unbranched alkanes of at least 4 members (excludes halogenated alkanes) is 1. The van der Waals surface area contributed by atoms with E-state index in [9.17, 15) is 8.42 Å². The Morgan fingerprint density at radius 1 is 0.949 bits per heavy atom. The Labute approximate surface area is 238 Å². The Morgan fingerprint density at radius 3 is 2.49 bits per heavy atom. The fourth-order valence-corrected chi connectivity index (χ4v) is 6.34. The Balaban J connectivity index is 0.00000353. The number of ether oxygens (including phenoxy) is 2. The van der Waals surface area contributed by atoms with Gasteiger partial charge in [-0.05, 0) is 54.6 Å². The van der Waals surface area contributed by atoms with Crippen LogP contribution in [0.5, 0.6) is 11.5 Å². The highest BCUT2D eigenvalue weighted by Gasteiger charge is 2.29. The van der Waals surface area contributed by atoms with E-state index in [0.717, 1.165) is 23.8 Å². The van der Waals surface area contributed by atoms with Crippen molar-refractivity contribution in [1.82, 2.24) is 9.78 Å². The molecule has 0 saturated heterocycles. The molecule has 7 nitrogen and oxygen atoms in total. The molecule has 0 atom stereocenters. The highest BCUT2D eigenvalue weighted by molar-refractivity contribution is 7.91. The second-order valence-electron chi connectivity index (χ2n) is 8.94. The van der Waals surface area contributed by atoms with Gasteiger partial charge in [-0.15, -0.1) is 12.4 Å².